The molecule has 2 aromatic rings. The van der Waals surface area contributed by atoms with Crippen LogP contribution in [0.15, 0.2) is 42.5 Å². The normalized spacial score (nSPS) is 10.2. The lowest BCUT2D eigenvalue weighted by Gasteiger charge is -2.20. The van der Waals surface area contributed by atoms with Crippen molar-refractivity contribution >= 4 is 11.7 Å². The zero-order valence-electron chi connectivity index (χ0n) is 11.8. The smallest absolute Gasteiger partial charge is 0.336 e. The highest BCUT2D eigenvalue weighted by Gasteiger charge is 2.13. The molecule has 0 bridgehead atoms. The van der Waals surface area contributed by atoms with Crippen LogP contribution < -0.4 is 9.64 Å². The number of methoxy groups -OCH3 is 1. The second-order valence-electron chi connectivity index (χ2n) is 4.66. The van der Waals surface area contributed by atoms with Crippen molar-refractivity contribution in [3.8, 4) is 5.75 Å². The van der Waals surface area contributed by atoms with Crippen LogP contribution in [-0.4, -0.2) is 25.2 Å². The SMILES string of the molecule is COc1ccc(N(C)Cc2cc(F)ccc2C(=O)O)cc1. The van der Waals surface area contributed by atoms with Crippen LogP contribution in [0.4, 0.5) is 10.1 Å². The van der Waals surface area contributed by atoms with Crippen LogP contribution in [0.25, 0.3) is 0 Å². The van der Waals surface area contributed by atoms with Gasteiger partial charge in [-0.1, -0.05) is 0 Å². The molecule has 0 unspecified atom stereocenters. The third-order valence-corrected chi connectivity index (χ3v) is 3.22. The molecule has 0 atom stereocenters. The molecule has 0 saturated heterocycles. The summed E-state index contributed by atoms with van der Waals surface area (Å²) in [6.45, 7) is 0.297. The van der Waals surface area contributed by atoms with Gasteiger partial charge < -0.3 is 14.7 Å². The largest absolute Gasteiger partial charge is 0.497 e. The predicted octanol–water partition coefficient (Wildman–Crippen LogP) is 3.17. The monoisotopic (exact) mass is 289 g/mol. The quantitative estimate of drug-likeness (QED) is 0.918. The number of aromatic carboxylic acids is 1. The molecule has 0 aliphatic rings. The third-order valence-electron chi connectivity index (χ3n) is 3.22. The van der Waals surface area contributed by atoms with E-state index >= 15 is 0 Å². The molecule has 0 saturated carbocycles. The van der Waals surface area contributed by atoms with Crippen LogP contribution in [0.3, 0.4) is 0 Å². The number of anilines is 1. The highest BCUT2D eigenvalue weighted by Crippen LogP contribution is 2.21. The maximum atomic E-state index is 13.3. The molecule has 1 N–H and O–H groups in total. The molecule has 110 valence electrons. The highest BCUT2D eigenvalue weighted by atomic mass is 19.1. The zero-order chi connectivity index (χ0) is 15.4. The summed E-state index contributed by atoms with van der Waals surface area (Å²) in [4.78, 5) is 13.0. The summed E-state index contributed by atoms with van der Waals surface area (Å²) in [5, 5.41) is 9.15. The average Bonchev–Trinajstić information content (AvgIpc) is 2.47. The Morgan fingerprint density at radius 3 is 2.48 bits per heavy atom. The van der Waals surface area contributed by atoms with Gasteiger partial charge in [0, 0.05) is 19.3 Å². The predicted molar refractivity (Wildman–Crippen MR) is 78.5 cm³/mol. The molecule has 0 radical (unpaired) electrons. The molecule has 0 aliphatic carbocycles. The number of hydrogen-bond donors (Lipinski definition) is 1. The number of hydrogen-bond acceptors (Lipinski definition) is 3. The van der Waals surface area contributed by atoms with Gasteiger partial charge in [-0.05, 0) is 48.0 Å². The number of carboxylic acid groups (broad SMARTS) is 1. The molecule has 2 aromatic carbocycles. The zero-order valence-corrected chi connectivity index (χ0v) is 11.8. The minimum Gasteiger partial charge on any atom is -0.497 e. The van der Waals surface area contributed by atoms with Crippen molar-refractivity contribution in [1.82, 2.24) is 0 Å². The Hall–Kier alpha value is -2.56. The Bertz CT molecular complexity index is 640. The fraction of sp³-hybridized carbons (Fsp3) is 0.188. The number of halogens is 1. The van der Waals surface area contributed by atoms with E-state index in [2.05, 4.69) is 0 Å². The number of ether oxygens (including phenoxy) is 1. The van der Waals surface area contributed by atoms with Gasteiger partial charge in [0.2, 0.25) is 0 Å². The van der Waals surface area contributed by atoms with Crippen molar-refractivity contribution in [2.75, 3.05) is 19.1 Å². The maximum absolute atomic E-state index is 13.3. The molecule has 0 fully saturated rings. The van der Waals surface area contributed by atoms with E-state index in [0.29, 0.717) is 12.1 Å². The highest BCUT2D eigenvalue weighted by molar-refractivity contribution is 5.89. The van der Waals surface area contributed by atoms with E-state index in [1.807, 2.05) is 36.2 Å². The molecule has 0 spiro atoms. The molecule has 2 rings (SSSR count). The van der Waals surface area contributed by atoms with Crippen LogP contribution in [0.2, 0.25) is 0 Å². The van der Waals surface area contributed by atoms with Crippen molar-refractivity contribution in [3.63, 3.8) is 0 Å². The van der Waals surface area contributed by atoms with Gasteiger partial charge in [0.05, 0.1) is 12.7 Å². The van der Waals surface area contributed by atoms with Gasteiger partial charge in [0.1, 0.15) is 11.6 Å². The minimum absolute atomic E-state index is 0.108. The summed E-state index contributed by atoms with van der Waals surface area (Å²) in [5.41, 5.74) is 1.42. The van der Waals surface area contributed by atoms with E-state index in [9.17, 15) is 9.18 Å². The fourth-order valence-corrected chi connectivity index (χ4v) is 2.09. The first-order valence-electron chi connectivity index (χ1n) is 6.38. The van der Waals surface area contributed by atoms with Crippen LogP contribution >= 0.6 is 0 Å². The summed E-state index contributed by atoms with van der Waals surface area (Å²) in [6.07, 6.45) is 0. The van der Waals surface area contributed by atoms with Crippen molar-refractivity contribution < 1.29 is 19.0 Å². The van der Waals surface area contributed by atoms with Crippen molar-refractivity contribution in [3.05, 3.63) is 59.4 Å². The summed E-state index contributed by atoms with van der Waals surface area (Å²) in [7, 11) is 3.41. The first-order chi connectivity index (χ1) is 10.0. The maximum Gasteiger partial charge on any atom is 0.336 e. The van der Waals surface area contributed by atoms with E-state index < -0.39 is 11.8 Å². The van der Waals surface area contributed by atoms with Crippen LogP contribution in [0, 0.1) is 5.82 Å². The number of rotatable bonds is 5. The molecule has 0 heterocycles. The van der Waals surface area contributed by atoms with Gasteiger partial charge in [-0.15, -0.1) is 0 Å². The molecule has 4 nitrogen and oxygen atoms in total. The van der Waals surface area contributed by atoms with Gasteiger partial charge >= 0.3 is 5.97 Å². The second-order valence-corrected chi connectivity index (χ2v) is 4.66. The Morgan fingerprint density at radius 2 is 1.90 bits per heavy atom. The van der Waals surface area contributed by atoms with E-state index in [1.54, 1.807) is 7.11 Å². The molecule has 5 heteroatoms. The van der Waals surface area contributed by atoms with Crippen molar-refractivity contribution in [2.24, 2.45) is 0 Å². The van der Waals surface area contributed by atoms with Gasteiger partial charge in [0.15, 0.2) is 0 Å². The topological polar surface area (TPSA) is 49.8 Å². The van der Waals surface area contributed by atoms with Crippen molar-refractivity contribution in [1.29, 1.82) is 0 Å². The number of benzene rings is 2. The molecular weight excluding hydrogens is 273 g/mol. The van der Waals surface area contributed by atoms with E-state index in [1.165, 1.54) is 12.1 Å². The third kappa shape index (κ3) is 3.51. The lowest BCUT2D eigenvalue weighted by Crippen LogP contribution is -2.18. The lowest BCUT2D eigenvalue weighted by atomic mass is 10.1. The Kier molecular flexibility index (Phi) is 4.42. The minimum atomic E-state index is -1.06. The Balaban J connectivity index is 2.24. The van der Waals surface area contributed by atoms with E-state index in [0.717, 1.165) is 17.5 Å². The van der Waals surface area contributed by atoms with E-state index in [4.69, 9.17) is 9.84 Å². The summed E-state index contributed by atoms with van der Waals surface area (Å²) < 4.78 is 18.4. The summed E-state index contributed by atoms with van der Waals surface area (Å²) >= 11 is 0. The van der Waals surface area contributed by atoms with E-state index in [-0.39, 0.29) is 5.56 Å². The lowest BCUT2D eigenvalue weighted by molar-refractivity contribution is 0.0695. The van der Waals surface area contributed by atoms with Gasteiger partial charge in [-0.3, -0.25) is 0 Å². The molecule has 0 aliphatic heterocycles. The first kappa shape index (κ1) is 14.8. The molecule has 0 aromatic heterocycles. The van der Waals surface area contributed by atoms with Gasteiger partial charge in [0.25, 0.3) is 0 Å². The Morgan fingerprint density at radius 1 is 1.24 bits per heavy atom. The first-order valence-corrected chi connectivity index (χ1v) is 6.38. The van der Waals surface area contributed by atoms with Gasteiger partial charge in [-0.2, -0.15) is 0 Å². The Labute approximate surface area is 122 Å². The standard InChI is InChI=1S/C16H16FNO3/c1-18(13-4-6-14(21-2)7-5-13)10-11-9-12(17)3-8-15(11)16(19)20/h3-9H,10H2,1-2H3,(H,19,20). The van der Waals surface area contributed by atoms with Crippen LogP contribution in [0.5, 0.6) is 5.75 Å². The molecule has 0 amide bonds. The second kappa shape index (κ2) is 6.26. The van der Waals surface area contributed by atoms with Crippen molar-refractivity contribution in [2.45, 2.75) is 6.54 Å². The summed E-state index contributed by atoms with van der Waals surface area (Å²) in [5.74, 6) is -0.768. The average molecular weight is 289 g/mol. The molecule has 21 heavy (non-hydrogen) atoms. The summed E-state index contributed by atoms with van der Waals surface area (Å²) in [6, 6.07) is 11.0. The van der Waals surface area contributed by atoms with Gasteiger partial charge in [-0.25, -0.2) is 9.18 Å². The van der Waals surface area contributed by atoms with Crippen LogP contribution in [-0.2, 0) is 6.54 Å². The van der Waals surface area contributed by atoms with Crippen LogP contribution in [0.1, 0.15) is 15.9 Å². The molecular formula is C16H16FNO3. The number of carboxylic acids is 1. The number of carbonyl (C=O) groups is 1. The fourth-order valence-electron chi connectivity index (χ4n) is 2.09. The number of nitrogens with zero attached hydrogens (tertiary/aromatic N) is 1.